The Morgan fingerprint density at radius 3 is 2.78 bits per heavy atom. The number of hydrogen-bond donors (Lipinski definition) is 1. The lowest BCUT2D eigenvalue weighted by Gasteiger charge is -2.38. The summed E-state index contributed by atoms with van der Waals surface area (Å²) in [5.74, 6) is 0.298. The number of pyridine rings is 1. The fourth-order valence-electron chi connectivity index (χ4n) is 3.64. The van der Waals surface area contributed by atoms with Crippen LogP contribution >= 0.6 is 0 Å². The first-order valence-electron chi connectivity index (χ1n) is 7.91. The minimum Gasteiger partial charge on any atom is -0.450 e. The van der Waals surface area contributed by atoms with E-state index in [1.807, 2.05) is 4.90 Å². The molecule has 2 fully saturated rings. The number of carbonyl (C=O) groups is 1. The van der Waals surface area contributed by atoms with Crippen molar-refractivity contribution >= 4 is 17.6 Å². The predicted octanol–water partition coefficient (Wildman–Crippen LogP) is 2.55. The van der Waals surface area contributed by atoms with Crippen molar-refractivity contribution in [2.75, 3.05) is 11.9 Å². The molecular formula is C15H20N4O4. The SMILES string of the molecule is CCOC(=O)N1[C@@H]2CC[C@H]1CC(Nc1ncccc1[N+](=O)[O-])C2. The Bertz CT molecular complexity index is 595. The van der Waals surface area contributed by atoms with Crippen LogP contribution in [0.4, 0.5) is 16.3 Å². The van der Waals surface area contributed by atoms with E-state index in [0.29, 0.717) is 12.4 Å². The molecule has 0 aromatic carbocycles. The van der Waals surface area contributed by atoms with E-state index in [9.17, 15) is 14.9 Å². The molecule has 2 bridgehead atoms. The summed E-state index contributed by atoms with van der Waals surface area (Å²) in [6.07, 6.45) is 4.70. The van der Waals surface area contributed by atoms with Gasteiger partial charge in [0.15, 0.2) is 0 Å². The zero-order valence-electron chi connectivity index (χ0n) is 13.0. The zero-order chi connectivity index (χ0) is 16.4. The third kappa shape index (κ3) is 3.06. The number of fused-ring (bicyclic) bond motifs is 2. The van der Waals surface area contributed by atoms with Crippen LogP contribution in [-0.4, -0.2) is 45.6 Å². The Balaban J connectivity index is 1.70. The second-order valence-corrected chi connectivity index (χ2v) is 5.93. The second-order valence-electron chi connectivity index (χ2n) is 5.93. The largest absolute Gasteiger partial charge is 0.450 e. The summed E-state index contributed by atoms with van der Waals surface area (Å²) in [6.45, 7) is 2.17. The first-order chi connectivity index (χ1) is 11.1. The molecule has 0 radical (unpaired) electrons. The van der Waals surface area contributed by atoms with E-state index >= 15 is 0 Å². The van der Waals surface area contributed by atoms with Crippen molar-refractivity contribution in [1.29, 1.82) is 0 Å². The Hall–Kier alpha value is -2.38. The average Bonchev–Trinajstić information content (AvgIpc) is 2.79. The van der Waals surface area contributed by atoms with Gasteiger partial charge in [-0.25, -0.2) is 9.78 Å². The summed E-state index contributed by atoms with van der Waals surface area (Å²) in [6, 6.07) is 3.33. The molecule has 23 heavy (non-hydrogen) atoms. The fraction of sp³-hybridized carbons (Fsp3) is 0.600. The van der Waals surface area contributed by atoms with Crippen LogP contribution in [0, 0.1) is 10.1 Å². The molecule has 3 atom stereocenters. The van der Waals surface area contributed by atoms with Crippen LogP contribution < -0.4 is 5.32 Å². The highest BCUT2D eigenvalue weighted by atomic mass is 16.6. The van der Waals surface area contributed by atoms with Crippen molar-refractivity contribution in [3.63, 3.8) is 0 Å². The quantitative estimate of drug-likeness (QED) is 0.676. The van der Waals surface area contributed by atoms with Gasteiger partial charge in [0.1, 0.15) is 0 Å². The molecule has 2 aliphatic heterocycles. The van der Waals surface area contributed by atoms with E-state index in [2.05, 4.69) is 10.3 Å². The van der Waals surface area contributed by atoms with Crippen molar-refractivity contribution < 1.29 is 14.5 Å². The van der Waals surface area contributed by atoms with Crippen LogP contribution in [0.25, 0.3) is 0 Å². The number of ether oxygens (including phenoxy) is 1. The summed E-state index contributed by atoms with van der Waals surface area (Å²) in [4.78, 5) is 28.6. The fourth-order valence-corrected chi connectivity index (χ4v) is 3.64. The second kappa shape index (κ2) is 6.39. The Morgan fingerprint density at radius 2 is 2.17 bits per heavy atom. The summed E-state index contributed by atoms with van der Waals surface area (Å²) < 4.78 is 5.13. The number of carbonyl (C=O) groups excluding carboxylic acids is 1. The van der Waals surface area contributed by atoms with Crippen LogP contribution in [0.1, 0.15) is 32.6 Å². The molecule has 1 amide bonds. The minimum atomic E-state index is -0.433. The summed E-state index contributed by atoms with van der Waals surface area (Å²) in [5, 5.41) is 14.3. The number of anilines is 1. The highest BCUT2D eigenvalue weighted by molar-refractivity contribution is 5.69. The van der Waals surface area contributed by atoms with E-state index in [-0.39, 0.29) is 29.9 Å². The van der Waals surface area contributed by atoms with Crippen molar-refractivity contribution in [3.05, 3.63) is 28.4 Å². The number of aromatic nitrogens is 1. The third-order valence-electron chi connectivity index (χ3n) is 4.54. The lowest BCUT2D eigenvalue weighted by atomic mass is 9.97. The molecule has 0 spiro atoms. The van der Waals surface area contributed by atoms with Gasteiger partial charge < -0.3 is 15.0 Å². The molecule has 124 valence electrons. The van der Waals surface area contributed by atoms with Gasteiger partial charge in [-0.15, -0.1) is 0 Å². The number of piperidine rings is 1. The molecule has 2 saturated heterocycles. The number of nitro groups is 1. The van der Waals surface area contributed by atoms with Crippen LogP contribution in [0.5, 0.6) is 0 Å². The molecule has 1 unspecified atom stereocenters. The molecule has 1 aromatic heterocycles. The molecule has 3 rings (SSSR count). The van der Waals surface area contributed by atoms with E-state index in [1.54, 1.807) is 13.0 Å². The van der Waals surface area contributed by atoms with Gasteiger partial charge >= 0.3 is 11.8 Å². The molecule has 2 aliphatic rings. The lowest BCUT2D eigenvalue weighted by Crippen LogP contribution is -2.50. The number of nitrogens with zero attached hydrogens (tertiary/aromatic N) is 3. The average molecular weight is 320 g/mol. The Labute approximate surface area is 134 Å². The smallest absolute Gasteiger partial charge is 0.410 e. The molecular weight excluding hydrogens is 300 g/mol. The maximum absolute atomic E-state index is 12.0. The maximum atomic E-state index is 12.0. The van der Waals surface area contributed by atoms with E-state index in [4.69, 9.17) is 4.74 Å². The summed E-state index contributed by atoms with van der Waals surface area (Å²) in [5.41, 5.74) is -0.0207. The van der Waals surface area contributed by atoms with Gasteiger partial charge in [-0.1, -0.05) is 0 Å². The van der Waals surface area contributed by atoms with Crippen molar-refractivity contribution in [3.8, 4) is 0 Å². The normalized spacial score (nSPS) is 26.0. The maximum Gasteiger partial charge on any atom is 0.410 e. The van der Waals surface area contributed by atoms with Gasteiger partial charge in [0.05, 0.1) is 11.5 Å². The topological polar surface area (TPSA) is 97.6 Å². The molecule has 0 saturated carbocycles. The Kier molecular flexibility index (Phi) is 4.31. The van der Waals surface area contributed by atoms with Gasteiger partial charge in [-0.3, -0.25) is 10.1 Å². The number of amides is 1. The third-order valence-corrected chi connectivity index (χ3v) is 4.54. The van der Waals surface area contributed by atoms with Crippen LogP contribution in [0.15, 0.2) is 18.3 Å². The van der Waals surface area contributed by atoms with E-state index in [0.717, 1.165) is 25.7 Å². The summed E-state index contributed by atoms with van der Waals surface area (Å²) >= 11 is 0. The van der Waals surface area contributed by atoms with Gasteiger partial charge in [0.2, 0.25) is 5.82 Å². The molecule has 8 heteroatoms. The van der Waals surface area contributed by atoms with Gasteiger partial charge in [-0.2, -0.15) is 0 Å². The van der Waals surface area contributed by atoms with Gasteiger partial charge in [-0.05, 0) is 38.7 Å². The highest BCUT2D eigenvalue weighted by Crippen LogP contribution is 2.37. The number of hydrogen-bond acceptors (Lipinski definition) is 6. The molecule has 1 N–H and O–H groups in total. The van der Waals surface area contributed by atoms with E-state index in [1.165, 1.54) is 12.3 Å². The molecule has 3 heterocycles. The monoisotopic (exact) mass is 320 g/mol. The van der Waals surface area contributed by atoms with Crippen LogP contribution in [0.3, 0.4) is 0 Å². The lowest BCUT2D eigenvalue weighted by molar-refractivity contribution is -0.384. The first kappa shape index (κ1) is 15.5. The van der Waals surface area contributed by atoms with Crippen LogP contribution in [-0.2, 0) is 4.74 Å². The van der Waals surface area contributed by atoms with E-state index < -0.39 is 4.92 Å². The number of rotatable bonds is 4. The molecule has 8 nitrogen and oxygen atoms in total. The standard InChI is InChI=1S/C15H20N4O4/c1-2-23-15(20)18-11-5-6-12(18)9-10(8-11)17-14-13(19(21)22)4-3-7-16-14/h3-4,7,10-12H,2,5-6,8-9H2,1H3,(H,16,17)/t10?,11-,12+. The van der Waals surface area contributed by atoms with Crippen molar-refractivity contribution in [2.24, 2.45) is 0 Å². The summed E-state index contributed by atoms with van der Waals surface area (Å²) in [7, 11) is 0. The van der Waals surface area contributed by atoms with Crippen LogP contribution in [0.2, 0.25) is 0 Å². The van der Waals surface area contributed by atoms with Gasteiger partial charge in [0.25, 0.3) is 0 Å². The van der Waals surface area contributed by atoms with Gasteiger partial charge in [0, 0.05) is 30.4 Å². The minimum absolute atomic E-state index is 0.0207. The van der Waals surface area contributed by atoms with Crippen molar-refractivity contribution in [2.45, 2.75) is 50.7 Å². The zero-order valence-corrected chi connectivity index (χ0v) is 13.0. The molecule has 0 aliphatic carbocycles. The predicted molar refractivity (Wildman–Crippen MR) is 83.2 cm³/mol. The Morgan fingerprint density at radius 1 is 1.48 bits per heavy atom. The molecule has 1 aromatic rings. The highest BCUT2D eigenvalue weighted by Gasteiger charge is 2.44. The first-order valence-corrected chi connectivity index (χ1v) is 7.91. The van der Waals surface area contributed by atoms with Crippen molar-refractivity contribution in [1.82, 2.24) is 9.88 Å². The number of nitrogens with one attached hydrogen (secondary N) is 1.